The molecule has 5 heterocycles. The number of hydrogen-bond donors (Lipinski definition) is 2. The molecule has 28 heavy (non-hydrogen) atoms. The summed E-state index contributed by atoms with van der Waals surface area (Å²) in [7, 11) is 0. The van der Waals surface area contributed by atoms with Crippen molar-refractivity contribution in [1.82, 2.24) is 25.2 Å². The van der Waals surface area contributed by atoms with Crippen LogP contribution in [-0.2, 0) is 10.3 Å². The van der Waals surface area contributed by atoms with Gasteiger partial charge in [0.05, 0.1) is 23.0 Å². The second kappa shape index (κ2) is 5.90. The summed E-state index contributed by atoms with van der Waals surface area (Å²) < 4.78 is 0. The van der Waals surface area contributed by atoms with Crippen LogP contribution in [0.4, 0.5) is 0 Å². The summed E-state index contributed by atoms with van der Waals surface area (Å²) in [5, 5.41) is 2.91. The van der Waals surface area contributed by atoms with Crippen LogP contribution in [0.1, 0.15) is 55.6 Å². The minimum absolute atomic E-state index is 0.0263. The van der Waals surface area contributed by atoms with Gasteiger partial charge in [0.1, 0.15) is 5.52 Å². The van der Waals surface area contributed by atoms with Crippen molar-refractivity contribution in [3.05, 3.63) is 36.3 Å². The van der Waals surface area contributed by atoms with Gasteiger partial charge in [0.2, 0.25) is 5.91 Å². The van der Waals surface area contributed by atoms with E-state index in [0.29, 0.717) is 28.6 Å². The highest BCUT2D eigenvalue weighted by atomic mass is 16.2. The van der Waals surface area contributed by atoms with E-state index in [1.807, 2.05) is 18.7 Å². The van der Waals surface area contributed by atoms with Crippen LogP contribution in [0, 0.1) is 11.8 Å². The predicted octanol–water partition coefficient (Wildman–Crippen LogP) is 2.51. The van der Waals surface area contributed by atoms with Crippen molar-refractivity contribution in [2.75, 3.05) is 0 Å². The third kappa shape index (κ3) is 2.16. The molecule has 4 atom stereocenters. The molecule has 3 saturated heterocycles. The number of carbonyl (C=O) groups is 2. The fraction of sp³-hybridized carbons (Fsp3) is 0.524. The Balaban J connectivity index is 1.61. The molecule has 5 fully saturated rings. The maximum Gasteiger partial charge on any atom is 0.255 e. The quantitative estimate of drug-likeness (QED) is 0.799. The van der Waals surface area contributed by atoms with Crippen LogP contribution >= 0.6 is 0 Å². The lowest BCUT2D eigenvalue weighted by Gasteiger charge is -2.70. The van der Waals surface area contributed by atoms with Crippen molar-refractivity contribution in [2.45, 2.75) is 57.2 Å². The van der Waals surface area contributed by atoms with Gasteiger partial charge in [0, 0.05) is 18.3 Å². The molecule has 2 N–H and O–H groups in total. The molecular formula is C21H25N5O2. The van der Waals surface area contributed by atoms with Crippen molar-refractivity contribution in [2.24, 2.45) is 11.8 Å². The zero-order chi connectivity index (χ0) is 19.6. The first-order chi connectivity index (χ1) is 13.5. The lowest BCUT2D eigenvalue weighted by atomic mass is 9.47. The lowest BCUT2D eigenvalue weighted by Crippen LogP contribution is -2.74. The molecule has 7 rings (SSSR count). The van der Waals surface area contributed by atoms with Crippen molar-refractivity contribution in [1.29, 1.82) is 0 Å². The molecule has 2 aliphatic carbocycles. The average molecular weight is 379 g/mol. The minimum Gasteiger partial charge on any atom is -0.350 e. The van der Waals surface area contributed by atoms with Gasteiger partial charge in [-0.15, -0.1) is 0 Å². The van der Waals surface area contributed by atoms with E-state index in [0.717, 1.165) is 31.4 Å². The number of H-pyrrole nitrogens is 1. The number of fused-ring (bicyclic) bond motifs is 2. The van der Waals surface area contributed by atoms with E-state index in [1.54, 1.807) is 12.4 Å². The molecule has 2 unspecified atom stereocenters. The number of rotatable bonds is 4. The molecule has 3 aliphatic heterocycles. The number of amides is 2. The van der Waals surface area contributed by atoms with E-state index in [-0.39, 0.29) is 23.9 Å². The number of aromatic amines is 1. The summed E-state index contributed by atoms with van der Waals surface area (Å²) in [6, 6.07) is 0.288. The molecule has 0 spiro atoms. The Bertz CT molecular complexity index is 996. The first-order valence-corrected chi connectivity index (χ1v) is 10.1. The van der Waals surface area contributed by atoms with E-state index in [9.17, 15) is 9.59 Å². The highest BCUT2D eigenvalue weighted by Crippen LogP contribution is 2.66. The normalized spacial score (nSPS) is 30.4. The Morgan fingerprint density at radius 1 is 1.43 bits per heavy atom. The molecule has 0 radical (unpaired) electrons. The summed E-state index contributed by atoms with van der Waals surface area (Å²) in [6.07, 6.45) is 9.02. The number of nitrogens with zero attached hydrogens (tertiary/aromatic N) is 3. The van der Waals surface area contributed by atoms with E-state index < -0.39 is 5.54 Å². The largest absolute Gasteiger partial charge is 0.350 e. The minimum atomic E-state index is -0.401. The third-order valence-electron chi connectivity index (χ3n) is 6.84. The van der Waals surface area contributed by atoms with Crippen LogP contribution in [0.3, 0.4) is 0 Å². The number of aromatic nitrogens is 3. The highest BCUT2D eigenvalue weighted by molar-refractivity contribution is 6.04. The fourth-order valence-electron chi connectivity index (χ4n) is 5.83. The lowest BCUT2D eigenvalue weighted by molar-refractivity contribution is -0.211. The van der Waals surface area contributed by atoms with Crippen molar-refractivity contribution in [3.63, 3.8) is 0 Å². The van der Waals surface area contributed by atoms with Crippen LogP contribution in [0.25, 0.3) is 11.2 Å². The van der Waals surface area contributed by atoms with Crippen molar-refractivity contribution >= 4 is 23.0 Å². The number of nitrogens with one attached hydrogen (secondary N) is 2. The Labute approximate surface area is 163 Å². The number of piperidine rings is 3. The molecule has 2 amide bonds. The van der Waals surface area contributed by atoms with Crippen LogP contribution in [-0.4, -0.2) is 43.7 Å². The molecule has 2 aromatic heterocycles. The first kappa shape index (κ1) is 17.4. The first-order valence-electron chi connectivity index (χ1n) is 10.1. The second-order valence-electron chi connectivity index (χ2n) is 8.66. The van der Waals surface area contributed by atoms with Crippen LogP contribution in [0.15, 0.2) is 25.0 Å². The molecule has 2 aromatic rings. The summed E-state index contributed by atoms with van der Waals surface area (Å²) in [5.41, 5.74) is 2.06. The van der Waals surface area contributed by atoms with Crippen molar-refractivity contribution < 1.29 is 9.59 Å². The summed E-state index contributed by atoms with van der Waals surface area (Å²) in [5.74, 6) is 0.877. The molecule has 0 aromatic carbocycles. The van der Waals surface area contributed by atoms with Crippen LogP contribution < -0.4 is 5.32 Å². The SMILES string of the molecule is C=CC(=O)N1[C@H]2CC[C@@H]3C(C2)CC31c1cnc2[nH]cc(C(=O)NC(C)C)c2n1. The van der Waals surface area contributed by atoms with E-state index in [4.69, 9.17) is 4.98 Å². The second-order valence-corrected chi connectivity index (χ2v) is 8.66. The smallest absolute Gasteiger partial charge is 0.255 e. The molecular weight excluding hydrogens is 354 g/mol. The fourth-order valence-corrected chi connectivity index (χ4v) is 5.83. The van der Waals surface area contributed by atoms with Gasteiger partial charge < -0.3 is 15.2 Å². The van der Waals surface area contributed by atoms with E-state index in [1.165, 1.54) is 6.08 Å². The van der Waals surface area contributed by atoms with Gasteiger partial charge in [-0.1, -0.05) is 6.58 Å². The van der Waals surface area contributed by atoms with E-state index in [2.05, 4.69) is 21.9 Å². The van der Waals surface area contributed by atoms with Gasteiger partial charge in [0.25, 0.3) is 5.91 Å². The van der Waals surface area contributed by atoms with Gasteiger partial charge in [-0.25, -0.2) is 9.97 Å². The average Bonchev–Trinajstić information content (AvgIpc) is 3.09. The molecule has 4 bridgehead atoms. The van der Waals surface area contributed by atoms with E-state index >= 15 is 0 Å². The molecule has 2 saturated carbocycles. The highest BCUT2D eigenvalue weighted by Gasteiger charge is 2.67. The maximum absolute atomic E-state index is 12.8. The molecule has 5 aliphatic rings. The van der Waals surface area contributed by atoms with Gasteiger partial charge >= 0.3 is 0 Å². The predicted molar refractivity (Wildman–Crippen MR) is 104 cm³/mol. The van der Waals surface area contributed by atoms with Gasteiger partial charge in [-0.05, 0) is 57.4 Å². The van der Waals surface area contributed by atoms with Crippen LogP contribution in [0.2, 0.25) is 0 Å². The summed E-state index contributed by atoms with van der Waals surface area (Å²) in [4.78, 5) is 39.9. The standard InChI is InChI=1S/C21H25N5O2/c1-4-17(27)26-13-5-6-15-12(7-13)8-21(15,26)16-10-23-19-18(25-16)14(9-22-19)20(28)24-11(2)3/h4,9-13,15H,1,5-8H2,2-3H3,(H,22,23)(H,24,28)/t12?,13-,15+,21?/m0/s1. The molecule has 7 nitrogen and oxygen atoms in total. The zero-order valence-corrected chi connectivity index (χ0v) is 16.2. The summed E-state index contributed by atoms with van der Waals surface area (Å²) >= 11 is 0. The molecule has 146 valence electrons. The number of carbonyl (C=O) groups excluding carboxylic acids is 2. The van der Waals surface area contributed by atoms with Crippen molar-refractivity contribution in [3.8, 4) is 0 Å². The monoisotopic (exact) mass is 379 g/mol. The Morgan fingerprint density at radius 3 is 2.96 bits per heavy atom. The zero-order valence-electron chi connectivity index (χ0n) is 16.2. The Hall–Kier alpha value is -2.70. The Morgan fingerprint density at radius 2 is 2.25 bits per heavy atom. The van der Waals surface area contributed by atoms with Gasteiger partial charge in [0.15, 0.2) is 5.65 Å². The molecule has 7 heteroatoms. The van der Waals surface area contributed by atoms with Gasteiger partial charge in [-0.3, -0.25) is 9.59 Å². The number of hydrogen-bond acceptors (Lipinski definition) is 4. The topological polar surface area (TPSA) is 91.0 Å². The summed E-state index contributed by atoms with van der Waals surface area (Å²) in [6.45, 7) is 7.57. The third-order valence-corrected chi connectivity index (χ3v) is 6.84. The maximum atomic E-state index is 12.8. The Kier molecular flexibility index (Phi) is 3.66. The van der Waals surface area contributed by atoms with Crippen LogP contribution in [0.5, 0.6) is 0 Å². The van der Waals surface area contributed by atoms with Gasteiger partial charge in [-0.2, -0.15) is 0 Å².